The van der Waals surface area contributed by atoms with E-state index in [4.69, 9.17) is 5.73 Å². The van der Waals surface area contributed by atoms with Gasteiger partial charge in [-0.25, -0.2) is 0 Å². The molecule has 0 aromatic rings. The molecule has 2 nitrogen and oxygen atoms in total. The summed E-state index contributed by atoms with van der Waals surface area (Å²) in [6.45, 7) is 1.24. The van der Waals surface area contributed by atoms with E-state index in [1.807, 2.05) is 0 Å². The maximum absolute atomic E-state index is 6.06. The van der Waals surface area contributed by atoms with Gasteiger partial charge in [0, 0.05) is 18.6 Å². The molecule has 2 aliphatic carbocycles. The second-order valence-electron chi connectivity index (χ2n) is 4.88. The minimum Gasteiger partial charge on any atom is -0.327 e. The summed E-state index contributed by atoms with van der Waals surface area (Å²) < 4.78 is 0. The van der Waals surface area contributed by atoms with Crippen LogP contribution in [0.1, 0.15) is 38.5 Å². The van der Waals surface area contributed by atoms with Crippen molar-refractivity contribution in [2.24, 2.45) is 11.7 Å². The predicted octanol–water partition coefficient (Wildman–Crippen LogP) is 1.60. The Morgan fingerprint density at radius 1 is 1.15 bits per heavy atom. The number of hydrogen-bond acceptors (Lipinski definition) is 2. The van der Waals surface area contributed by atoms with Crippen LogP contribution < -0.4 is 5.73 Å². The van der Waals surface area contributed by atoms with Gasteiger partial charge in [0.25, 0.3) is 0 Å². The van der Waals surface area contributed by atoms with Crippen molar-refractivity contribution < 1.29 is 0 Å². The van der Waals surface area contributed by atoms with Crippen molar-refractivity contribution in [1.29, 1.82) is 0 Å². The van der Waals surface area contributed by atoms with Crippen molar-refractivity contribution in [2.45, 2.75) is 50.6 Å². The summed E-state index contributed by atoms with van der Waals surface area (Å²) in [6.07, 6.45) is 8.23. The molecule has 2 heteroatoms. The molecule has 0 heterocycles. The molecule has 0 bridgehead atoms. The van der Waals surface area contributed by atoms with Gasteiger partial charge < -0.3 is 10.6 Å². The van der Waals surface area contributed by atoms with Crippen LogP contribution in [0.3, 0.4) is 0 Å². The van der Waals surface area contributed by atoms with Crippen LogP contribution in [0.2, 0.25) is 0 Å². The zero-order valence-electron chi connectivity index (χ0n) is 8.71. The van der Waals surface area contributed by atoms with Crippen LogP contribution in [0.25, 0.3) is 0 Å². The van der Waals surface area contributed by atoms with E-state index in [-0.39, 0.29) is 0 Å². The van der Waals surface area contributed by atoms with E-state index in [2.05, 4.69) is 11.9 Å². The number of hydrogen-bond donors (Lipinski definition) is 1. The van der Waals surface area contributed by atoms with Crippen LogP contribution in [0, 0.1) is 5.92 Å². The molecule has 2 unspecified atom stereocenters. The van der Waals surface area contributed by atoms with Gasteiger partial charge in [0.1, 0.15) is 0 Å². The van der Waals surface area contributed by atoms with E-state index in [0.717, 1.165) is 12.0 Å². The zero-order valence-corrected chi connectivity index (χ0v) is 8.71. The first-order chi connectivity index (χ1) is 6.27. The maximum atomic E-state index is 6.06. The summed E-state index contributed by atoms with van der Waals surface area (Å²) in [5.41, 5.74) is 6.06. The Kier molecular flexibility index (Phi) is 2.89. The fourth-order valence-electron chi connectivity index (χ4n) is 2.64. The minimum atomic E-state index is 0.488. The largest absolute Gasteiger partial charge is 0.327 e. The fraction of sp³-hybridized carbons (Fsp3) is 1.00. The molecule has 76 valence electrons. The lowest BCUT2D eigenvalue weighted by atomic mass is 9.90. The summed E-state index contributed by atoms with van der Waals surface area (Å²) in [5.74, 6) is 0.783. The van der Waals surface area contributed by atoms with Gasteiger partial charge >= 0.3 is 0 Å². The van der Waals surface area contributed by atoms with Crippen molar-refractivity contribution in [3.8, 4) is 0 Å². The first-order valence-corrected chi connectivity index (χ1v) is 5.73. The summed E-state index contributed by atoms with van der Waals surface area (Å²) in [7, 11) is 2.27. The molecule has 0 spiro atoms. The zero-order chi connectivity index (χ0) is 9.26. The van der Waals surface area contributed by atoms with E-state index < -0.39 is 0 Å². The highest BCUT2D eigenvalue weighted by molar-refractivity contribution is 4.85. The number of rotatable bonds is 3. The van der Waals surface area contributed by atoms with Gasteiger partial charge in [-0.15, -0.1) is 0 Å². The third-order valence-electron chi connectivity index (χ3n) is 3.94. The molecule has 13 heavy (non-hydrogen) atoms. The van der Waals surface area contributed by atoms with E-state index in [9.17, 15) is 0 Å². The Morgan fingerprint density at radius 2 is 1.85 bits per heavy atom. The molecule has 2 saturated carbocycles. The SMILES string of the molecule is CN(CC1CCCC1N)C1CCC1. The van der Waals surface area contributed by atoms with Gasteiger partial charge in [0.05, 0.1) is 0 Å². The Bertz CT molecular complexity index is 165. The average molecular weight is 182 g/mol. The number of nitrogens with two attached hydrogens (primary N) is 1. The summed E-state index contributed by atoms with van der Waals surface area (Å²) in [5, 5.41) is 0. The van der Waals surface area contributed by atoms with E-state index in [1.165, 1.54) is 45.1 Å². The van der Waals surface area contributed by atoms with Crippen LogP contribution in [-0.2, 0) is 0 Å². The monoisotopic (exact) mass is 182 g/mol. The van der Waals surface area contributed by atoms with Crippen molar-refractivity contribution in [1.82, 2.24) is 4.90 Å². The van der Waals surface area contributed by atoms with Crippen LogP contribution in [-0.4, -0.2) is 30.6 Å². The third kappa shape index (κ3) is 2.05. The van der Waals surface area contributed by atoms with Gasteiger partial charge in [0.2, 0.25) is 0 Å². The minimum absolute atomic E-state index is 0.488. The smallest absolute Gasteiger partial charge is 0.00923 e. The molecular formula is C11H22N2. The second-order valence-corrected chi connectivity index (χ2v) is 4.88. The normalized spacial score (nSPS) is 35.3. The molecule has 2 fully saturated rings. The molecule has 2 rings (SSSR count). The number of nitrogens with zero attached hydrogens (tertiary/aromatic N) is 1. The van der Waals surface area contributed by atoms with Gasteiger partial charge in [-0.1, -0.05) is 12.8 Å². The molecule has 2 aliphatic rings. The molecule has 0 amide bonds. The van der Waals surface area contributed by atoms with E-state index in [1.54, 1.807) is 0 Å². The molecule has 0 saturated heterocycles. The van der Waals surface area contributed by atoms with Crippen LogP contribution >= 0.6 is 0 Å². The van der Waals surface area contributed by atoms with Crippen LogP contribution in [0.5, 0.6) is 0 Å². The molecule has 2 atom stereocenters. The Balaban J connectivity index is 1.75. The predicted molar refractivity (Wildman–Crippen MR) is 55.6 cm³/mol. The van der Waals surface area contributed by atoms with Gasteiger partial charge in [-0.3, -0.25) is 0 Å². The van der Waals surface area contributed by atoms with Gasteiger partial charge in [-0.05, 0) is 38.6 Å². The van der Waals surface area contributed by atoms with Crippen molar-refractivity contribution in [3.05, 3.63) is 0 Å². The standard InChI is InChI=1S/C11H22N2/c1-13(10-5-3-6-10)8-9-4-2-7-11(9)12/h9-11H,2-8,12H2,1H3. The van der Waals surface area contributed by atoms with E-state index >= 15 is 0 Å². The lowest BCUT2D eigenvalue weighted by Gasteiger charge is -2.36. The topological polar surface area (TPSA) is 29.3 Å². The van der Waals surface area contributed by atoms with Crippen molar-refractivity contribution in [2.75, 3.05) is 13.6 Å². The quantitative estimate of drug-likeness (QED) is 0.718. The Morgan fingerprint density at radius 3 is 2.31 bits per heavy atom. The fourth-order valence-corrected chi connectivity index (χ4v) is 2.64. The summed E-state index contributed by atoms with van der Waals surface area (Å²) in [4.78, 5) is 2.54. The Labute approximate surface area is 81.5 Å². The van der Waals surface area contributed by atoms with Gasteiger partial charge in [-0.2, -0.15) is 0 Å². The highest BCUT2D eigenvalue weighted by Crippen LogP contribution is 2.28. The van der Waals surface area contributed by atoms with Gasteiger partial charge in [0.15, 0.2) is 0 Å². The molecule has 0 aromatic heterocycles. The van der Waals surface area contributed by atoms with Crippen LogP contribution in [0.15, 0.2) is 0 Å². The Hall–Kier alpha value is -0.0800. The third-order valence-corrected chi connectivity index (χ3v) is 3.94. The molecule has 0 aliphatic heterocycles. The molecular weight excluding hydrogens is 160 g/mol. The highest BCUT2D eigenvalue weighted by atomic mass is 15.1. The first-order valence-electron chi connectivity index (χ1n) is 5.73. The maximum Gasteiger partial charge on any atom is 0.00923 e. The average Bonchev–Trinajstić information content (AvgIpc) is 2.32. The van der Waals surface area contributed by atoms with Crippen LogP contribution in [0.4, 0.5) is 0 Å². The highest BCUT2D eigenvalue weighted by Gasteiger charge is 2.28. The summed E-state index contributed by atoms with van der Waals surface area (Å²) >= 11 is 0. The lowest BCUT2D eigenvalue weighted by Crippen LogP contribution is -2.42. The second kappa shape index (κ2) is 3.97. The summed E-state index contributed by atoms with van der Waals surface area (Å²) in [6, 6.07) is 1.37. The molecule has 2 N–H and O–H groups in total. The lowest BCUT2D eigenvalue weighted by molar-refractivity contribution is 0.135. The van der Waals surface area contributed by atoms with Crippen molar-refractivity contribution in [3.63, 3.8) is 0 Å². The van der Waals surface area contributed by atoms with E-state index in [0.29, 0.717) is 6.04 Å². The first kappa shape index (κ1) is 9.47. The molecule has 0 aromatic carbocycles. The molecule has 0 radical (unpaired) electrons. The van der Waals surface area contributed by atoms with Crippen molar-refractivity contribution >= 4 is 0 Å².